The standard InChI is InChI=1S/C25H19FN4O2S/c26-17-8-12-19(13-9-17)30-23(22(28-25(30)33)20-4-1-2-14-27-20)21-5-3-15-29(21)18-10-6-16(7-11-18)24(31)32/h1-15,22-23H,(H,28,33)(H,31,32)/t22-,23+/m1/s1. The van der Waals surface area contributed by atoms with E-state index in [0.717, 1.165) is 22.8 Å². The van der Waals surface area contributed by atoms with Crippen molar-refractivity contribution < 1.29 is 14.3 Å². The lowest BCUT2D eigenvalue weighted by atomic mass is 10.0. The molecule has 2 atom stereocenters. The minimum atomic E-state index is -0.975. The Bertz CT molecular complexity index is 1310. The molecule has 0 radical (unpaired) electrons. The van der Waals surface area contributed by atoms with Gasteiger partial charge in [0.1, 0.15) is 11.9 Å². The van der Waals surface area contributed by atoms with Crippen LogP contribution in [0.15, 0.2) is 91.3 Å². The lowest BCUT2D eigenvalue weighted by Gasteiger charge is -2.29. The molecule has 33 heavy (non-hydrogen) atoms. The van der Waals surface area contributed by atoms with Crippen molar-refractivity contribution in [3.8, 4) is 5.69 Å². The fourth-order valence-electron chi connectivity index (χ4n) is 4.17. The largest absolute Gasteiger partial charge is 0.478 e. The number of hydrogen-bond acceptors (Lipinski definition) is 3. The van der Waals surface area contributed by atoms with Crippen LogP contribution in [0.1, 0.15) is 33.8 Å². The van der Waals surface area contributed by atoms with Crippen LogP contribution in [0.25, 0.3) is 5.69 Å². The number of rotatable bonds is 5. The van der Waals surface area contributed by atoms with Crippen LogP contribution in [-0.2, 0) is 0 Å². The van der Waals surface area contributed by atoms with Gasteiger partial charge in [-0.2, -0.15) is 0 Å². The van der Waals surface area contributed by atoms with Gasteiger partial charge in [-0.05, 0) is 85.0 Å². The van der Waals surface area contributed by atoms with Crippen LogP contribution in [-0.4, -0.2) is 25.7 Å². The first kappa shape index (κ1) is 20.8. The van der Waals surface area contributed by atoms with Crippen molar-refractivity contribution in [1.82, 2.24) is 14.9 Å². The number of anilines is 1. The molecular formula is C25H19FN4O2S. The van der Waals surface area contributed by atoms with Gasteiger partial charge in [0.05, 0.1) is 17.3 Å². The van der Waals surface area contributed by atoms with Crippen LogP contribution in [0.3, 0.4) is 0 Å². The summed E-state index contributed by atoms with van der Waals surface area (Å²) in [7, 11) is 0. The average molecular weight is 459 g/mol. The average Bonchev–Trinajstić information content (AvgIpc) is 3.44. The summed E-state index contributed by atoms with van der Waals surface area (Å²) in [6.07, 6.45) is 3.66. The Morgan fingerprint density at radius 1 is 0.970 bits per heavy atom. The van der Waals surface area contributed by atoms with Crippen LogP contribution >= 0.6 is 12.2 Å². The first-order chi connectivity index (χ1) is 16.0. The number of pyridine rings is 1. The van der Waals surface area contributed by atoms with Gasteiger partial charge in [0, 0.05) is 29.5 Å². The quantitative estimate of drug-likeness (QED) is 0.415. The summed E-state index contributed by atoms with van der Waals surface area (Å²) in [4.78, 5) is 17.8. The van der Waals surface area contributed by atoms with Gasteiger partial charge in [0.25, 0.3) is 0 Å². The van der Waals surface area contributed by atoms with Crippen molar-refractivity contribution in [3.63, 3.8) is 0 Å². The number of thiocarbonyl (C=S) groups is 1. The van der Waals surface area contributed by atoms with Crippen LogP contribution < -0.4 is 10.2 Å². The summed E-state index contributed by atoms with van der Waals surface area (Å²) in [5.74, 6) is -1.30. The second-order valence-corrected chi connectivity index (χ2v) is 8.01. The SMILES string of the molecule is O=C(O)c1ccc(-n2cccc2[C@H]2[C@@H](c3ccccn3)NC(=S)N2c2ccc(F)cc2)cc1. The number of carbonyl (C=O) groups is 1. The number of carboxylic acids is 1. The van der Waals surface area contributed by atoms with Gasteiger partial charge in [-0.15, -0.1) is 0 Å². The summed E-state index contributed by atoms with van der Waals surface area (Å²) in [5.41, 5.74) is 3.53. The maximum absolute atomic E-state index is 13.6. The smallest absolute Gasteiger partial charge is 0.335 e. The van der Waals surface area contributed by atoms with Gasteiger partial charge in [0.2, 0.25) is 0 Å². The van der Waals surface area contributed by atoms with E-state index in [-0.39, 0.29) is 23.5 Å². The van der Waals surface area contributed by atoms with E-state index in [1.807, 2.05) is 46.0 Å². The Balaban J connectivity index is 1.63. The van der Waals surface area contributed by atoms with Gasteiger partial charge >= 0.3 is 5.97 Å². The maximum atomic E-state index is 13.6. The Morgan fingerprint density at radius 2 is 1.70 bits per heavy atom. The maximum Gasteiger partial charge on any atom is 0.335 e. The fraction of sp³-hybridized carbons (Fsp3) is 0.0800. The summed E-state index contributed by atoms with van der Waals surface area (Å²) in [6, 6.07) is 22.0. The van der Waals surface area contributed by atoms with E-state index in [1.165, 1.54) is 12.1 Å². The molecule has 1 fully saturated rings. The molecule has 6 nitrogen and oxygen atoms in total. The number of nitrogens with zero attached hydrogens (tertiary/aromatic N) is 3. The molecule has 2 aromatic carbocycles. The number of nitrogens with one attached hydrogen (secondary N) is 1. The van der Waals surface area contributed by atoms with E-state index >= 15 is 0 Å². The predicted octanol–water partition coefficient (Wildman–Crippen LogP) is 4.89. The zero-order valence-electron chi connectivity index (χ0n) is 17.3. The van der Waals surface area contributed by atoms with Gasteiger partial charge in [-0.25, -0.2) is 9.18 Å². The number of benzene rings is 2. The second-order valence-electron chi connectivity index (χ2n) is 7.63. The Kier molecular flexibility index (Phi) is 5.35. The molecule has 0 bridgehead atoms. The molecule has 1 aliphatic rings. The zero-order chi connectivity index (χ0) is 22.9. The lowest BCUT2D eigenvalue weighted by Crippen LogP contribution is -2.30. The fourth-order valence-corrected chi connectivity index (χ4v) is 4.52. The molecule has 8 heteroatoms. The molecule has 5 rings (SSSR count). The Morgan fingerprint density at radius 3 is 2.36 bits per heavy atom. The molecule has 0 saturated carbocycles. The summed E-state index contributed by atoms with van der Waals surface area (Å²) in [6.45, 7) is 0. The van der Waals surface area contributed by atoms with E-state index in [1.54, 1.807) is 42.6 Å². The molecule has 164 valence electrons. The highest BCUT2D eigenvalue weighted by Crippen LogP contribution is 2.42. The number of hydrogen-bond donors (Lipinski definition) is 2. The highest BCUT2D eigenvalue weighted by Gasteiger charge is 2.42. The van der Waals surface area contributed by atoms with E-state index in [9.17, 15) is 14.3 Å². The molecular weight excluding hydrogens is 439 g/mol. The molecule has 0 aliphatic carbocycles. The number of aromatic carboxylic acids is 1. The minimum absolute atomic E-state index is 0.218. The van der Waals surface area contributed by atoms with Crippen molar-refractivity contribution in [1.29, 1.82) is 0 Å². The normalized spacial score (nSPS) is 17.7. The molecule has 0 unspecified atom stereocenters. The second kappa shape index (κ2) is 8.48. The summed E-state index contributed by atoms with van der Waals surface area (Å²) < 4.78 is 15.6. The topological polar surface area (TPSA) is 70.4 Å². The molecule has 2 N–H and O–H groups in total. The lowest BCUT2D eigenvalue weighted by molar-refractivity contribution is 0.0697. The molecule has 1 aliphatic heterocycles. The van der Waals surface area contributed by atoms with Crippen LogP contribution in [0, 0.1) is 5.82 Å². The van der Waals surface area contributed by atoms with E-state index in [2.05, 4.69) is 10.3 Å². The van der Waals surface area contributed by atoms with Crippen LogP contribution in [0.5, 0.6) is 0 Å². The third-order valence-electron chi connectivity index (χ3n) is 5.68. The van der Waals surface area contributed by atoms with Crippen molar-refractivity contribution >= 4 is 29.0 Å². The van der Waals surface area contributed by atoms with Gasteiger partial charge in [-0.3, -0.25) is 4.98 Å². The molecule has 0 spiro atoms. The van der Waals surface area contributed by atoms with Crippen LogP contribution in [0.2, 0.25) is 0 Å². The number of carboxylic acid groups (broad SMARTS) is 1. The molecule has 2 aromatic heterocycles. The number of aromatic nitrogens is 2. The van der Waals surface area contributed by atoms with Crippen LogP contribution in [0.4, 0.5) is 10.1 Å². The highest BCUT2D eigenvalue weighted by atomic mass is 32.1. The first-order valence-electron chi connectivity index (χ1n) is 10.3. The third kappa shape index (κ3) is 3.85. The Hall–Kier alpha value is -4.04. The third-order valence-corrected chi connectivity index (χ3v) is 5.99. The minimum Gasteiger partial charge on any atom is -0.478 e. The molecule has 3 heterocycles. The van der Waals surface area contributed by atoms with Crippen molar-refractivity contribution in [2.45, 2.75) is 12.1 Å². The summed E-state index contributed by atoms with van der Waals surface area (Å²) in [5, 5.41) is 13.1. The Labute approximate surface area is 194 Å². The van der Waals surface area contributed by atoms with Crippen molar-refractivity contribution in [3.05, 3.63) is 114 Å². The zero-order valence-corrected chi connectivity index (χ0v) is 18.1. The summed E-state index contributed by atoms with van der Waals surface area (Å²) >= 11 is 5.71. The van der Waals surface area contributed by atoms with Gasteiger partial charge in [-0.1, -0.05) is 6.07 Å². The van der Waals surface area contributed by atoms with Gasteiger partial charge in [0.15, 0.2) is 5.11 Å². The predicted molar refractivity (Wildman–Crippen MR) is 127 cm³/mol. The van der Waals surface area contributed by atoms with Crippen molar-refractivity contribution in [2.24, 2.45) is 0 Å². The van der Waals surface area contributed by atoms with E-state index in [0.29, 0.717) is 5.11 Å². The highest BCUT2D eigenvalue weighted by molar-refractivity contribution is 7.80. The van der Waals surface area contributed by atoms with E-state index in [4.69, 9.17) is 12.2 Å². The monoisotopic (exact) mass is 458 g/mol. The molecule has 4 aromatic rings. The molecule has 0 amide bonds. The molecule has 1 saturated heterocycles. The van der Waals surface area contributed by atoms with Gasteiger partial charge < -0.3 is 19.9 Å². The first-order valence-corrected chi connectivity index (χ1v) is 10.7. The number of halogens is 1. The van der Waals surface area contributed by atoms with Crippen molar-refractivity contribution in [2.75, 3.05) is 4.90 Å². The van der Waals surface area contributed by atoms with E-state index < -0.39 is 5.97 Å².